The first-order valence-corrected chi connectivity index (χ1v) is 7.55. The average molecular weight is 301 g/mol. The van der Waals surface area contributed by atoms with Crippen molar-refractivity contribution in [2.75, 3.05) is 6.54 Å². The van der Waals surface area contributed by atoms with E-state index < -0.39 is 0 Å². The molecule has 5 nitrogen and oxygen atoms in total. The number of aryl methyl sites for hydroxylation is 3. The molecule has 0 saturated heterocycles. The van der Waals surface area contributed by atoms with Gasteiger partial charge in [-0.2, -0.15) is 9.78 Å². The maximum absolute atomic E-state index is 12.2. The normalized spacial score (nSPS) is 10.9. The molecule has 2 aromatic rings. The molecule has 1 aromatic heterocycles. The third-order valence-electron chi connectivity index (χ3n) is 3.55. The van der Waals surface area contributed by atoms with E-state index in [1.54, 1.807) is 0 Å². The minimum absolute atomic E-state index is 0.0627. The first-order valence-electron chi connectivity index (χ1n) is 7.55. The molecular formula is C17H23N3O2. The van der Waals surface area contributed by atoms with E-state index in [1.165, 1.54) is 10.7 Å². The van der Waals surface area contributed by atoms with Gasteiger partial charge in [0.1, 0.15) is 11.4 Å². The minimum atomic E-state index is -0.327. The molecule has 0 amide bonds. The SMILES string of the molecule is CCCNCc1nn(-c2c(C)cc(C)cc2C)c(=O)cc1O. The summed E-state index contributed by atoms with van der Waals surface area (Å²) in [6.07, 6.45) is 0.997. The predicted molar refractivity (Wildman–Crippen MR) is 87.7 cm³/mol. The monoisotopic (exact) mass is 301 g/mol. The molecule has 0 spiro atoms. The number of nitrogens with one attached hydrogen (secondary N) is 1. The van der Waals surface area contributed by atoms with Gasteiger partial charge in [-0.1, -0.05) is 24.6 Å². The van der Waals surface area contributed by atoms with Crippen molar-refractivity contribution in [3.05, 3.63) is 50.9 Å². The van der Waals surface area contributed by atoms with Crippen LogP contribution in [0.4, 0.5) is 0 Å². The second-order valence-corrected chi connectivity index (χ2v) is 5.65. The molecular weight excluding hydrogens is 278 g/mol. The van der Waals surface area contributed by atoms with Gasteiger partial charge < -0.3 is 10.4 Å². The molecule has 2 N–H and O–H groups in total. The largest absolute Gasteiger partial charge is 0.506 e. The molecule has 0 aliphatic carbocycles. The summed E-state index contributed by atoms with van der Waals surface area (Å²) in [6, 6.07) is 5.28. The summed E-state index contributed by atoms with van der Waals surface area (Å²) in [5.41, 5.74) is 4.07. The highest BCUT2D eigenvalue weighted by atomic mass is 16.3. The quantitative estimate of drug-likeness (QED) is 0.832. The summed E-state index contributed by atoms with van der Waals surface area (Å²) in [6.45, 7) is 9.29. The Morgan fingerprint density at radius 3 is 2.41 bits per heavy atom. The lowest BCUT2D eigenvalue weighted by Gasteiger charge is -2.14. The molecule has 0 radical (unpaired) electrons. The Morgan fingerprint density at radius 1 is 1.18 bits per heavy atom. The maximum atomic E-state index is 12.2. The van der Waals surface area contributed by atoms with E-state index in [-0.39, 0.29) is 11.3 Å². The van der Waals surface area contributed by atoms with Gasteiger partial charge in [-0.15, -0.1) is 0 Å². The van der Waals surface area contributed by atoms with Crippen molar-refractivity contribution in [2.45, 2.75) is 40.7 Å². The molecule has 0 saturated carbocycles. The number of aromatic nitrogens is 2. The van der Waals surface area contributed by atoms with Crippen molar-refractivity contribution in [3.63, 3.8) is 0 Å². The number of benzene rings is 1. The number of nitrogens with zero attached hydrogens (tertiary/aromatic N) is 2. The number of rotatable bonds is 5. The lowest BCUT2D eigenvalue weighted by atomic mass is 10.1. The second-order valence-electron chi connectivity index (χ2n) is 5.65. The molecule has 0 fully saturated rings. The smallest absolute Gasteiger partial charge is 0.275 e. The summed E-state index contributed by atoms with van der Waals surface area (Å²) in [5.74, 6) is -0.0627. The fraction of sp³-hybridized carbons (Fsp3) is 0.412. The maximum Gasteiger partial charge on any atom is 0.275 e. The third kappa shape index (κ3) is 3.36. The standard InChI is InChI=1S/C17H23N3O2/c1-5-6-18-10-14-15(21)9-16(22)20(19-14)17-12(3)7-11(2)8-13(17)4/h7-9,18,21H,5-6,10H2,1-4H3. The Balaban J connectivity index is 2.52. The Hall–Kier alpha value is -2.14. The lowest BCUT2D eigenvalue weighted by molar-refractivity contribution is 0.451. The van der Waals surface area contributed by atoms with E-state index in [0.29, 0.717) is 12.2 Å². The van der Waals surface area contributed by atoms with Gasteiger partial charge in [0.2, 0.25) is 0 Å². The van der Waals surface area contributed by atoms with E-state index in [9.17, 15) is 9.90 Å². The molecule has 2 rings (SSSR count). The molecule has 0 aliphatic rings. The van der Waals surface area contributed by atoms with Crippen LogP contribution in [-0.2, 0) is 6.54 Å². The van der Waals surface area contributed by atoms with E-state index in [2.05, 4.69) is 17.3 Å². The molecule has 0 unspecified atom stereocenters. The first-order chi connectivity index (χ1) is 10.4. The highest BCUT2D eigenvalue weighted by Crippen LogP contribution is 2.20. The van der Waals surface area contributed by atoms with Gasteiger partial charge in [0, 0.05) is 12.6 Å². The van der Waals surface area contributed by atoms with Crippen molar-refractivity contribution >= 4 is 0 Å². The van der Waals surface area contributed by atoms with Crippen LogP contribution >= 0.6 is 0 Å². The molecule has 5 heteroatoms. The van der Waals surface area contributed by atoms with Crippen molar-refractivity contribution in [3.8, 4) is 11.4 Å². The van der Waals surface area contributed by atoms with Crippen LogP contribution < -0.4 is 10.9 Å². The van der Waals surface area contributed by atoms with E-state index in [1.807, 2.05) is 32.9 Å². The van der Waals surface area contributed by atoms with Crippen LogP contribution in [-0.4, -0.2) is 21.4 Å². The minimum Gasteiger partial charge on any atom is -0.506 e. The van der Waals surface area contributed by atoms with Gasteiger partial charge in [0.25, 0.3) is 5.56 Å². The van der Waals surface area contributed by atoms with Crippen LogP contribution in [0.25, 0.3) is 5.69 Å². The third-order valence-corrected chi connectivity index (χ3v) is 3.55. The van der Waals surface area contributed by atoms with Crippen LogP contribution in [0, 0.1) is 20.8 Å². The fourth-order valence-electron chi connectivity index (χ4n) is 2.66. The summed E-state index contributed by atoms with van der Waals surface area (Å²) >= 11 is 0. The van der Waals surface area contributed by atoms with Crippen molar-refractivity contribution in [2.24, 2.45) is 0 Å². The molecule has 22 heavy (non-hydrogen) atoms. The van der Waals surface area contributed by atoms with Crippen LogP contribution in [0.15, 0.2) is 23.0 Å². The van der Waals surface area contributed by atoms with E-state index in [4.69, 9.17) is 0 Å². The van der Waals surface area contributed by atoms with Gasteiger partial charge in [0.15, 0.2) is 0 Å². The Bertz CT molecular complexity index is 712. The van der Waals surface area contributed by atoms with Crippen LogP contribution in [0.5, 0.6) is 5.75 Å². The summed E-state index contributed by atoms with van der Waals surface area (Å²) in [5, 5.41) is 17.5. The number of hydrogen-bond donors (Lipinski definition) is 2. The number of hydrogen-bond acceptors (Lipinski definition) is 4. The van der Waals surface area contributed by atoms with Crippen molar-refractivity contribution < 1.29 is 5.11 Å². The van der Waals surface area contributed by atoms with Crippen LogP contribution in [0.3, 0.4) is 0 Å². The Kier molecular flexibility index (Phi) is 4.98. The van der Waals surface area contributed by atoms with Crippen LogP contribution in [0.1, 0.15) is 35.7 Å². The van der Waals surface area contributed by atoms with Gasteiger partial charge in [0.05, 0.1) is 5.69 Å². The zero-order chi connectivity index (χ0) is 16.3. The number of aromatic hydroxyl groups is 1. The zero-order valence-electron chi connectivity index (χ0n) is 13.6. The molecule has 0 aliphatic heterocycles. The van der Waals surface area contributed by atoms with E-state index >= 15 is 0 Å². The topological polar surface area (TPSA) is 67.2 Å². The lowest BCUT2D eigenvalue weighted by Crippen LogP contribution is -2.25. The Morgan fingerprint density at radius 2 is 1.82 bits per heavy atom. The van der Waals surface area contributed by atoms with Crippen LogP contribution in [0.2, 0.25) is 0 Å². The molecule has 0 bridgehead atoms. The molecule has 118 valence electrons. The van der Waals surface area contributed by atoms with Gasteiger partial charge in [-0.3, -0.25) is 4.79 Å². The summed E-state index contributed by atoms with van der Waals surface area (Å²) < 4.78 is 1.38. The van der Waals surface area contributed by atoms with Gasteiger partial charge in [-0.25, -0.2) is 0 Å². The average Bonchev–Trinajstić information content (AvgIpc) is 2.42. The van der Waals surface area contributed by atoms with Crippen molar-refractivity contribution in [1.29, 1.82) is 0 Å². The first kappa shape index (κ1) is 16.2. The van der Waals surface area contributed by atoms with E-state index in [0.717, 1.165) is 35.3 Å². The predicted octanol–water partition coefficient (Wildman–Crippen LogP) is 2.36. The second kappa shape index (κ2) is 6.75. The molecule has 1 aromatic carbocycles. The fourth-order valence-corrected chi connectivity index (χ4v) is 2.66. The summed E-state index contributed by atoms with van der Waals surface area (Å²) in [7, 11) is 0. The molecule has 0 atom stereocenters. The zero-order valence-corrected chi connectivity index (χ0v) is 13.6. The van der Waals surface area contributed by atoms with Gasteiger partial charge >= 0.3 is 0 Å². The Labute approximate surface area is 130 Å². The summed E-state index contributed by atoms with van der Waals surface area (Å²) in [4.78, 5) is 12.2. The molecule has 1 heterocycles. The highest BCUT2D eigenvalue weighted by Gasteiger charge is 2.13. The highest BCUT2D eigenvalue weighted by molar-refractivity contribution is 5.49. The van der Waals surface area contributed by atoms with Gasteiger partial charge in [-0.05, 0) is 44.9 Å². The van der Waals surface area contributed by atoms with Crippen molar-refractivity contribution in [1.82, 2.24) is 15.1 Å².